The zero-order chi connectivity index (χ0) is 9.97. The molecule has 0 aromatic carbocycles. The van der Waals surface area contributed by atoms with Gasteiger partial charge in [0.15, 0.2) is 5.13 Å². The van der Waals surface area contributed by atoms with E-state index in [-0.39, 0.29) is 0 Å². The van der Waals surface area contributed by atoms with Gasteiger partial charge in [-0.3, -0.25) is 0 Å². The predicted octanol–water partition coefficient (Wildman–Crippen LogP) is 2.80. The summed E-state index contributed by atoms with van der Waals surface area (Å²) in [6.45, 7) is 2.15. The van der Waals surface area contributed by atoms with Gasteiger partial charge in [0.05, 0.1) is 15.6 Å². The van der Waals surface area contributed by atoms with E-state index in [0.29, 0.717) is 5.13 Å². The molecular weight excluding hydrogens is 214 g/mol. The van der Waals surface area contributed by atoms with Crippen molar-refractivity contribution in [2.24, 2.45) is 0 Å². The Morgan fingerprint density at radius 3 is 3.00 bits per heavy atom. The van der Waals surface area contributed by atoms with Crippen LogP contribution in [0.15, 0.2) is 11.6 Å². The molecule has 0 saturated carbocycles. The predicted molar refractivity (Wildman–Crippen MR) is 61.6 cm³/mol. The average molecular weight is 225 g/mol. The van der Waals surface area contributed by atoms with Crippen LogP contribution >= 0.6 is 22.7 Å². The molecule has 0 spiro atoms. The maximum Gasteiger partial charge on any atom is 0.180 e. The van der Waals surface area contributed by atoms with E-state index in [1.807, 2.05) is 11.6 Å². The molecule has 3 nitrogen and oxygen atoms in total. The Balaban J connectivity index is 2.24. The number of nitrogen functional groups attached to an aromatic ring is 1. The van der Waals surface area contributed by atoms with E-state index >= 15 is 0 Å². The topological polar surface area (TPSA) is 51.8 Å². The molecule has 0 radical (unpaired) electrons. The molecule has 2 heterocycles. The van der Waals surface area contributed by atoms with E-state index in [4.69, 9.17) is 5.73 Å². The monoisotopic (exact) mass is 225 g/mol. The van der Waals surface area contributed by atoms with Crippen molar-refractivity contribution in [1.82, 2.24) is 9.97 Å². The third-order valence-electron chi connectivity index (χ3n) is 1.79. The van der Waals surface area contributed by atoms with Gasteiger partial charge in [0.25, 0.3) is 0 Å². The molecule has 2 N–H and O–H groups in total. The average Bonchev–Trinajstić information content (AvgIpc) is 2.74. The van der Waals surface area contributed by atoms with Crippen LogP contribution in [0, 0.1) is 0 Å². The lowest BCUT2D eigenvalue weighted by atomic mass is 10.4. The van der Waals surface area contributed by atoms with Gasteiger partial charge in [0.2, 0.25) is 0 Å². The second-order valence-corrected chi connectivity index (χ2v) is 4.94. The first-order valence-corrected chi connectivity index (χ1v) is 6.15. The van der Waals surface area contributed by atoms with E-state index in [2.05, 4.69) is 16.9 Å². The van der Waals surface area contributed by atoms with Crippen molar-refractivity contribution in [2.75, 3.05) is 5.73 Å². The molecule has 0 unspecified atom stereocenters. The molecule has 0 atom stereocenters. The summed E-state index contributed by atoms with van der Waals surface area (Å²) >= 11 is 3.17. The van der Waals surface area contributed by atoms with Gasteiger partial charge in [0.1, 0.15) is 0 Å². The first-order chi connectivity index (χ1) is 6.79. The number of aromatic nitrogens is 2. The van der Waals surface area contributed by atoms with Crippen LogP contribution in [-0.2, 0) is 6.42 Å². The van der Waals surface area contributed by atoms with Crippen LogP contribution in [0.3, 0.4) is 0 Å². The Bertz CT molecular complexity index is 419. The number of nitrogens with zero attached hydrogens (tertiary/aromatic N) is 2. The number of thiazole rings is 2. The number of rotatable bonds is 3. The zero-order valence-corrected chi connectivity index (χ0v) is 9.49. The standard InChI is InChI=1S/C9H11N3S2/c1-2-3-8-11-4-7(14-8)6-5-13-9(10)12-6/h4-5H,2-3H2,1H3,(H2,10,12). The van der Waals surface area contributed by atoms with Gasteiger partial charge < -0.3 is 5.73 Å². The maximum absolute atomic E-state index is 5.57. The van der Waals surface area contributed by atoms with Crippen molar-refractivity contribution >= 4 is 27.8 Å². The van der Waals surface area contributed by atoms with Crippen molar-refractivity contribution in [3.63, 3.8) is 0 Å². The third kappa shape index (κ3) is 1.93. The second kappa shape index (κ2) is 4.06. The highest BCUT2D eigenvalue weighted by Gasteiger charge is 2.06. The van der Waals surface area contributed by atoms with Gasteiger partial charge >= 0.3 is 0 Å². The second-order valence-electron chi connectivity index (χ2n) is 2.94. The lowest BCUT2D eigenvalue weighted by molar-refractivity contribution is 0.909. The quantitative estimate of drug-likeness (QED) is 0.874. The van der Waals surface area contributed by atoms with Crippen LogP contribution in [0.1, 0.15) is 18.4 Å². The van der Waals surface area contributed by atoms with Crippen molar-refractivity contribution in [2.45, 2.75) is 19.8 Å². The number of hydrogen-bond acceptors (Lipinski definition) is 5. The first kappa shape index (κ1) is 9.61. The van der Waals surface area contributed by atoms with Crippen LogP contribution in [-0.4, -0.2) is 9.97 Å². The van der Waals surface area contributed by atoms with Gasteiger partial charge in [-0.05, 0) is 12.8 Å². The van der Waals surface area contributed by atoms with Gasteiger partial charge in [-0.25, -0.2) is 9.97 Å². The van der Waals surface area contributed by atoms with Crippen LogP contribution in [0.5, 0.6) is 0 Å². The lowest BCUT2D eigenvalue weighted by Gasteiger charge is -1.87. The summed E-state index contributed by atoms with van der Waals surface area (Å²) in [4.78, 5) is 9.67. The van der Waals surface area contributed by atoms with Gasteiger partial charge in [-0.15, -0.1) is 22.7 Å². The maximum atomic E-state index is 5.57. The summed E-state index contributed by atoms with van der Waals surface area (Å²) in [6, 6.07) is 0. The summed E-state index contributed by atoms with van der Waals surface area (Å²) in [5, 5.41) is 3.76. The molecule has 0 aliphatic rings. The zero-order valence-electron chi connectivity index (χ0n) is 7.86. The van der Waals surface area contributed by atoms with Gasteiger partial charge in [0, 0.05) is 11.6 Å². The highest BCUT2D eigenvalue weighted by Crippen LogP contribution is 2.28. The van der Waals surface area contributed by atoms with Crippen molar-refractivity contribution in [1.29, 1.82) is 0 Å². The van der Waals surface area contributed by atoms with E-state index in [9.17, 15) is 0 Å². The van der Waals surface area contributed by atoms with Crippen LogP contribution in [0.4, 0.5) is 5.13 Å². The molecule has 14 heavy (non-hydrogen) atoms. The van der Waals surface area contributed by atoms with E-state index in [0.717, 1.165) is 23.4 Å². The third-order valence-corrected chi connectivity index (χ3v) is 3.55. The van der Waals surface area contributed by atoms with Crippen molar-refractivity contribution < 1.29 is 0 Å². The summed E-state index contributed by atoms with van der Waals surface area (Å²) in [5.41, 5.74) is 6.52. The minimum Gasteiger partial charge on any atom is -0.375 e. The first-order valence-electron chi connectivity index (χ1n) is 4.45. The normalized spacial score (nSPS) is 10.6. The fourth-order valence-electron chi connectivity index (χ4n) is 1.16. The van der Waals surface area contributed by atoms with Gasteiger partial charge in [-0.2, -0.15) is 0 Å². The lowest BCUT2D eigenvalue weighted by Crippen LogP contribution is -1.80. The van der Waals surface area contributed by atoms with E-state index < -0.39 is 0 Å². The number of aryl methyl sites for hydroxylation is 1. The molecule has 74 valence electrons. The minimum atomic E-state index is 0.616. The van der Waals surface area contributed by atoms with Crippen LogP contribution in [0.25, 0.3) is 10.6 Å². The van der Waals surface area contributed by atoms with E-state index in [1.54, 1.807) is 11.3 Å². The SMILES string of the molecule is CCCc1ncc(-c2csc(N)n2)s1. The molecule has 2 aromatic heterocycles. The highest BCUT2D eigenvalue weighted by atomic mass is 32.1. The highest BCUT2D eigenvalue weighted by molar-refractivity contribution is 7.16. The minimum absolute atomic E-state index is 0.616. The summed E-state index contributed by atoms with van der Waals surface area (Å²) in [7, 11) is 0. The Hall–Kier alpha value is -0.940. The largest absolute Gasteiger partial charge is 0.375 e. The molecule has 0 fully saturated rings. The molecule has 0 bridgehead atoms. The fraction of sp³-hybridized carbons (Fsp3) is 0.333. The molecule has 2 aromatic rings. The summed E-state index contributed by atoms with van der Waals surface area (Å²) in [6.07, 6.45) is 4.06. The Kier molecular flexibility index (Phi) is 2.79. The van der Waals surface area contributed by atoms with Crippen LogP contribution in [0.2, 0.25) is 0 Å². The van der Waals surface area contributed by atoms with Crippen molar-refractivity contribution in [3.8, 4) is 10.6 Å². The molecule has 0 amide bonds. The smallest absolute Gasteiger partial charge is 0.180 e. The molecule has 0 aliphatic heterocycles. The summed E-state index contributed by atoms with van der Waals surface area (Å²) in [5.74, 6) is 0. The van der Waals surface area contributed by atoms with Gasteiger partial charge in [-0.1, -0.05) is 6.92 Å². The number of anilines is 1. The molecule has 0 saturated heterocycles. The van der Waals surface area contributed by atoms with E-state index in [1.165, 1.54) is 16.3 Å². The summed E-state index contributed by atoms with van der Waals surface area (Å²) < 4.78 is 0. The fourth-order valence-corrected chi connectivity index (χ4v) is 2.78. The van der Waals surface area contributed by atoms with Crippen LogP contribution < -0.4 is 5.73 Å². The number of nitrogens with two attached hydrogens (primary N) is 1. The Morgan fingerprint density at radius 2 is 2.36 bits per heavy atom. The molecular formula is C9H11N3S2. The number of hydrogen-bond donors (Lipinski definition) is 1. The van der Waals surface area contributed by atoms with Crippen molar-refractivity contribution in [3.05, 3.63) is 16.6 Å². The molecule has 0 aliphatic carbocycles. The Morgan fingerprint density at radius 1 is 1.50 bits per heavy atom. The molecule has 2 rings (SSSR count). The molecule has 5 heteroatoms. The Labute approximate surface area is 90.6 Å².